The molecule has 0 fully saturated rings. The number of nitrogens with two attached hydrogens (primary N) is 1. The van der Waals surface area contributed by atoms with Gasteiger partial charge in [0.15, 0.2) is 0 Å². The number of rotatable bonds is 2. The molecule has 0 saturated heterocycles. The molecule has 2 N–H and O–H groups in total. The van der Waals surface area contributed by atoms with Gasteiger partial charge < -0.3 is 5.73 Å². The Morgan fingerprint density at radius 2 is 1.95 bits per heavy atom. The van der Waals surface area contributed by atoms with Gasteiger partial charge in [0.05, 0.1) is 0 Å². The molecule has 1 nitrogen and oxygen atoms in total. The van der Waals surface area contributed by atoms with E-state index in [1.165, 1.54) is 6.07 Å². The van der Waals surface area contributed by atoms with Crippen molar-refractivity contribution in [3.63, 3.8) is 0 Å². The van der Waals surface area contributed by atoms with Crippen molar-refractivity contribution < 1.29 is 4.39 Å². The average molecular weight is 310 g/mol. The van der Waals surface area contributed by atoms with Crippen LogP contribution in [0.25, 0.3) is 0 Å². The number of halogens is 3. The lowest BCUT2D eigenvalue weighted by Gasteiger charge is -2.26. The van der Waals surface area contributed by atoms with E-state index in [9.17, 15) is 4.39 Å². The second kappa shape index (κ2) is 5.03. The molecule has 1 aliphatic rings. The predicted molar refractivity (Wildman–Crippen MR) is 80.8 cm³/mol. The zero-order valence-electron chi connectivity index (χ0n) is 10.8. The first-order chi connectivity index (χ1) is 9.48. The van der Waals surface area contributed by atoms with Gasteiger partial charge in [0.25, 0.3) is 0 Å². The summed E-state index contributed by atoms with van der Waals surface area (Å²) < 4.78 is 13.3. The maximum absolute atomic E-state index is 13.3. The standard InChI is InChI=1S/C16H14Cl2FN/c17-12-1-4-15(18)11(7-12)9-16(20)6-5-10-8-13(19)2-3-14(10)16/h1-4,7-8H,5-6,9,20H2. The van der Waals surface area contributed by atoms with E-state index in [0.717, 1.165) is 29.5 Å². The Morgan fingerprint density at radius 3 is 2.75 bits per heavy atom. The van der Waals surface area contributed by atoms with Crippen LogP contribution in [0.2, 0.25) is 10.0 Å². The van der Waals surface area contributed by atoms with Crippen LogP contribution in [-0.4, -0.2) is 0 Å². The quantitative estimate of drug-likeness (QED) is 0.870. The Labute approximate surface area is 127 Å². The number of fused-ring (bicyclic) bond motifs is 1. The smallest absolute Gasteiger partial charge is 0.123 e. The SMILES string of the molecule is NC1(Cc2cc(Cl)ccc2Cl)CCc2cc(F)ccc21. The van der Waals surface area contributed by atoms with Crippen LogP contribution < -0.4 is 5.73 Å². The second-order valence-corrected chi connectivity index (χ2v) is 6.21. The third kappa shape index (κ3) is 2.44. The average Bonchev–Trinajstić information content (AvgIpc) is 2.71. The van der Waals surface area contributed by atoms with E-state index in [1.54, 1.807) is 24.3 Å². The summed E-state index contributed by atoms with van der Waals surface area (Å²) in [6.45, 7) is 0. The molecule has 20 heavy (non-hydrogen) atoms. The molecule has 4 heteroatoms. The van der Waals surface area contributed by atoms with Crippen molar-refractivity contribution in [1.29, 1.82) is 0 Å². The molecular weight excluding hydrogens is 296 g/mol. The highest BCUT2D eigenvalue weighted by molar-refractivity contribution is 6.33. The van der Waals surface area contributed by atoms with Gasteiger partial charge in [0.2, 0.25) is 0 Å². The van der Waals surface area contributed by atoms with Gasteiger partial charge in [-0.25, -0.2) is 4.39 Å². The van der Waals surface area contributed by atoms with E-state index in [0.29, 0.717) is 16.5 Å². The lowest BCUT2D eigenvalue weighted by Crippen LogP contribution is -2.36. The van der Waals surface area contributed by atoms with Gasteiger partial charge in [-0.15, -0.1) is 0 Å². The summed E-state index contributed by atoms with van der Waals surface area (Å²) in [6, 6.07) is 10.2. The zero-order chi connectivity index (χ0) is 14.3. The minimum absolute atomic E-state index is 0.214. The Hall–Kier alpha value is -1.09. The summed E-state index contributed by atoms with van der Waals surface area (Å²) in [5, 5.41) is 1.31. The molecule has 0 aliphatic heterocycles. The zero-order valence-corrected chi connectivity index (χ0v) is 12.3. The molecular formula is C16H14Cl2FN. The fraction of sp³-hybridized carbons (Fsp3) is 0.250. The Bertz CT molecular complexity index is 672. The van der Waals surface area contributed by atoms with Crippen molar-refractivity contribution >= 4 is 23.2 Å². The van der Waals surface area contributed by atoms with Gasteiger partial charge in [-0.1, -0.05) is 29.3 Å². The fourth-order valence-corrected chi connectivity index (χ4v) is 3.33. The van der Waals surface area contributed by atoms with Gasteiger partial charge in [-0.3, -0.25) is 0 Å². The van der Waals surface area contributed by atoms with Crippen molar-refractivity contribution in [3.05, 3.63) is 69.0 Å². The van der Waals surface area contributed by atoms with Crippen molar-refractivity contribution in [2.75, 3.05) is 0 Å². The number of benzene rings is 2. The van der Waals surface area contributed by atoms with Gasteiger partial charge in [0, 0.05) is 15.6 Å². The van der Waals surface area contributed by atoms with Crippen LogP contribution in [0.1, 0.15) is 23.1 Å². The number of hydrogen-bond acceptors (Lipinski definition) is 1. The Kier molecular flexibility index (Phi) is 3.49. The van der Waals surface area contributed by atoms with E-state index in [4.69, 9.17) is 28.9 Å². The van der Waals surface area contributed by atoms with Crippen LogP contribution in [0.5, 0.6) is 0 Å². The molecule has 104 valence electrons. The molecule has 0 saturated carbocycles. The number of aryl methyl sites for hydroxylation is 1. The summed E-state index contributed by atoms with van der Waals surface area (Å²) in [5.74, 6) is -0.214. The molecule has 0 bridgehead atoms. The monoisotopic (exact) mass is 309 g/mol. The summed E-state index contributed by atoms with van der Waals surface area (Å²) in [6.07, 6.45) is 2.18. The first-order valence-corrected chi connectivity index (χ1v) is 7.25. The Morgan fingerprint density at radius 1 is 1.15 bits per heavy atom. The van der Waals surface area contributed by atoms with E-state index < -0.39 is 5.54 Å². The summed E-state index contributed by atoms with van der Waals surface area (Å²) in [5.41, 5.74) is 8.97. The van der Waals surface area contributed by atoms with Gasteiger partial charge >= 0.3 is 0 Å². The molecule has 0 heterocycles. The molecule has 3 rings (SSSR count). The van der Waals surface area contributed by atoms with Crippen LogP contribution in [0.3, 0.4) is 0 Å². The highest BCUT2D eigenvalue weighted by Crippen LogP contribution is 2.39. The topological polar surface area (TPSA) is 26.0 Å². The van der Waals surface area contributed by atoms with E-state index in [1.807, 2.05) is 6.07 Å². The van der Waals surface area contributed by atoms with Crippen molar-refractivity contribution in [3.8, 4) is 0 Å². The molecule has 1 unspecified atom stereocenters. The summed E-state index contributed by atoms with van der Waals surface area (Å²) in [4.78, 5) is 0. The van der Waals surface area contributed by atoms with Crippen LogP contribution >= 0.6 is 23.2 Å². The van der Waals surface area contributed by atoms with Gasteiger partial charge in [0.1, 0.15) is 5.82 Å². The van der Waals surface area contributed by atoms with E-state index in [-0.39, 0.29) is 5.82 Å². The van der Waals surface area contributed by atoms with Crippen LogP contribution in [0.4, 0.5) is 4.39 Å². The number of hydrogen-bond donors (Lipinski definition) is 1. The lowest BCUT2D eigenvalue weighted by molar-refractivity contribution is 0.439. The maximum atomic E-state index is 13.3. The third-order valence-electron chi connectivity index (χ3n) is 3.96. The van der Waals surface area contributed by atoms with Gasteiger partial charge in [-0.2, -0.15) is 0 Å². The predicted octanol–water partition coefficient (Wildman–Crippen LogP) is 4.48. The first-order valence-electron chi connectivity index (χ1n) is 6.50. The highest BCUT2D eigenvalue weighted by Gasteiger charge is 2.35. The minimum atomic E-state index is -0.503. The first kappa shape index (κ1) is 13.9. The normalized spacial score (nSPS) is 21.0. The van der Waals surface area contributed by atoms with Crippen molar-refractivity contribution in [1.82, 2.24) is 0 Å². The summed E-state index contributed by atoms with van der Waals surface area (Å²) in [7, 11) is 0. The lowest BCUT2D eigenvalue weighted by atomic mass is 9.86. The van der Waals surface area contributed by atoms with E-state index >= 15 is 0 Å². The van der Waals surface area contributed by atoms with Crippen LogP contribution in [-0.2, 0) is 18.4 Å². The summed E-state index contributed by atoms with van der Waals surface area (Å²) >= 11 is 12.2. The molecule has 1 aliphatic carbocycles. The minimum Gasteiger partial charge on any atom is -0.321 e. The molecule has 0 aromatic heterocycles. The van der Waals surface area contributed by atoms with Gasteiger partial charge in [-0.05, 0) is 66.3 Å². The molecule has 2 aromatic rings. The van der Waals surface area contributed by atoms with E-state index in [2.05, 4.69) is 0 Å². The highest BCUT2D eigenvalue weighted by atomic mass is 35.5. The molecule has 0 radical (unpaired) electrons. The van der Waals surface area contributed by atoms with Crippen LogP contribution in [0, 0.1) is 5.82 Å². The van der Waals surface area contributed by atoms with Crippen molar-refractivity contribution in [2.45, 2.75) is 24.8 Å². The molecule has 0 amide bonds. The largest absolute Gasteiger partial charge is 0.321 e. The molecule has 0 spiro atoms. The maximum Gasteiger partial charge on any atom is 0.123 e. The third-order valence-corrected chi connectivity index (χ3v) is 4.56. The second-order valence-electron chi connectivity index (χ2n) is 5.37. The molecule has 2 aromatic carbocycles. The molecule has 1 atom stereocenters. The van der Waals surface area contributed by atoms with Crippen molar-refractivity contribution in [2.24, 2.45) is 5.73 Å². The van der Waals surface area contributed by atoms with Crippen LogP contribution in [0.15, 0.2) is 36.4 Å². The fourth-order valence-electron chi connectivity index (χ4n) is 2.95. The Balaban J connectivity index is 1.98.